The number of amides is 2. The zero-order valence-corrected chi connectivity index (χ0v) is 20.6. The van der Waals surface area contributed by atoms with Gasteiger partial charge in [-0.2, -0.15) is 0 Å². The number of carbonyl (C=O) groups excluding carboxylic acids is 2. The predicted octanol–water partition coefficient (Wildman–Crippen LogP) is 3.07. The molecule has 0 aliphatic rings. The number of rotatable bonds is 12. The first kappa shape index (κ1) is 25.8. The molecule has 1 N–H and O–H groups in total. The summed E-state index contributed by atoms with van der Waals surface area (Å²) < 4.78 is 16.2. The second-order valence-corrected chi connectivity index (χ2v) is 8.26. The first-order chi connectivity index (χ1) is 16.9. The van der Waals surface area contributed by atoms with Crippen LogP contribution in [0.4, 0.5) is 0 Å². The Balaban J connectivity index is 1.77. The first-order valence-electron chi connectivity index (χ1n) is 11.3. The highest BCUT2D eigenvalue weighted by Crippen LogP contribution is 2.34. The average molecular weight is 481 g/mol. The van der Waals surface area contributed by atoms with E-state index in [1.807, 2.05) is 49.3 Å². The maximum atomic E-state index is 13.4. The third-order valence-corrected chi connectivity index (χ3v) is 5.39. The van der Waals surface area contributed by atoms with Crippen LogP contribution in [0.15, 0.2) is 59.1 Å². The number of ether oxygens (including phenoxy) is 2. The molecule has 0 saturated heterocycles. The fraction of sp³-hybridized carbons (Fsp3) is 0.346. The van der Waals surface area contributed by atoms with E-state index in [2.05, 4.69) is 10.5 Å². The molecule has 2 amide bonds. The van der Waals surface area contributed by atoms with Crippen LogP contribution in [0.2, 0.25) is 0 Å². The van der Waals surface area contributed by atoms with Gasteiger partial charge in [0.15, 0.2) is 11.5 Å². The molecule has 3 aromatic rings. The molecule has 0 radical (unpaired) electrons. The quantitative estimate of drug-likeness (QED) is 0.426. The van der Waals surface area contributed by atoms with Gasteiger partial charge in [0.2, 0.25) is 5.91 Å². The number of nitrogens with zero attached hydrogens (tertiary/aromatic N) is 3. The molecule has 0 bridgehead atoms. The van der Waals surface area contributed by atoms with Crippen molar-refractivity contribution in [3.05, 3.63) is 65.9 Å². The lowest BCUT2D eigenvalue weighted by Gasteiger charge is -2.21. The molecule has 0 spiro atoms. The fourth-order valence-electron chi connectivity index (χ4n) is 3.47. The number of methoxy groups -OCH3 is 2. The van der Waals surface area contributed by atoms with E-state index in [0.29, 0.717) is 35.9 Å². The topological polar surface area (TPSA) is 97.1 Å². The van der Waals surface area contributed by atoms with Crippen molar-refractivity contribution in [3.63, 3.8) is 0 Å². The second-order valence-electron chi connectivity index (χ2n) is 8.26. The predicted molar refractivity (Wildman–Crippen MR) is 132 cm³/mol. The van der Waals surface area contributed by atoms with Gasteiger partial charge in [-0.05, 0) is 37.9 Å². The lowest BCUT2D eigenvalue weighted by Crippen LogP contribution is -2.36. The van der Waals surface area contributed by atoms with Crippen LogP contribution in [0, 0.1) is 0 Å². The molecule has 186 valence electrons. The zero-order chi connectivity index (χ0) is 25.2. The van der Waals surface area contributed by atoms with Crippen molar-refractivity contribution in [2.75, 3.05) is 47.9 Å². The van der Waals surface area contributed by atoms with Crippen LogP contribution in [0.1, 0.15) is 22.5 Å². The molecular weight excluding hydrogens is 448 g/mol. The molecule has 0 aliphatic heterocycles. The van der Waals surface area contributed by atoms with Crippen LogP contribution in [0.5, 0.6) is 11.5 Å². The smallest absolute Gasteiger partial charge is 0.276 e. The Bertz CT molecular complexity index is 1110. The molecule has 0 unspecified atom stereocenters. The van der Waals surface area contributed by atoms with Crippen LogP contribution in [-0.4, -0.2) is 74.7 Å². The van der Waals surface area contributed by atoms with Gasteiger partial charge in [0.05, 0.1) is 19.8 Å². The van der Waals surface area contributed by atoms with Crippen molar-refractivity contribution >= 4 is 11.8 Å². The molecule has 0 aliphatic carbocycles. The number of benzene rings is 2. The van der Waals surface area contributed by atoms with Crippen molar-refractivity contribution in [3.8, 4) is 22.8 Å². The zero-order valence-electron chi connectivity index (χ0n) is 20.6. The highest BCUT2D eigenvalue weighted by molar-refractivity contribution is 5.93. The van der Waals surface area contributed by atoms with E-state index >= 15 is 0 Å². The summed E-state index contributed by atoms with van der Waals surface area (Å²) >= 11 is 0. The molecule has 3 rings (SSSR count). The second kappa shape index (κ2) is 12.6. The summed E-state index contributed by atoms with van der Waals surface area (Å²) in [6, 6.07) is 16.5. The van der Waals surface area contributed by atoms with Crippen molar-refractivity contribution in [1.82, 2.24) is 20.3 Å². The summed E-state index contributed by atoms with van der Waals surface area (Å²) in [7, 11) is 7.01. The third-order valence-electron chi connectivity index (χ3n) is 5.39. The number of aromatic nitrogens is 1. The van der Waals surface area contributed by atoms with E-state index in [4.69, 9.17) is 14.0 Å². The number of carbonyl (C=O) groups is 2. The molecule has 1 aromatic heterocycles. The van der Waals surface area contributed by atoms with Crippen LogP contribution in [0.3, 0.4) is 0 Å². The van der Waals surface area contributed by atoms with Gasteiger partial charge >= 0.3 is 0 Å². The van der Waals surface area contributed by atoms with Gasteiger partial charge in [-0.25, -0.2) is 0 Å². The summed E-state index contributed by atoms with van der Waals surface area (Å²) in [6.45, 7) is 1.88. The van der Waals surface area contributed by atoms with Crippen molar-refractivity contribution in [1.29, 1.82) is 0 Å². The van der Waals surface area contributed by atoms with Gasteiger partial charge in [-0.3, -0.25) is 9.59 Å². The largest absolute Gasteiger partial charge is 0.497 e. The molecule has 2 aromatic carbocycles. The first-order valence-corrected chi connectivity index (χ1v) is 11.3. The Hall–Kier alpha value is -3.85. The Morgan fingerprint density at radius 3 is 2.46 bits per heavy atom. The monoisotopic (exact) mass is 480 g/mol. The molecule has 1 heterocycles. The number of hydrogen-bond donors (Lipinski definition) is 1. The van der Waals surface area contributed by atoms with Crippen molar-refractivity contribution < 1.29 is 23.6 Å². The lowest BCUT2D eigenvalue weighted by molar-refractivity contribution is -0.121. The van der Waals surface area contributed by atoms with E-state index in [0.717, 1.165) is 12.1 Å². The van der Waals surface area contributed by atoms with Gasteiger partial charge in [0.25, 0.3) is 5.91 Å². The van der Waals surface area contributed by atoms with Gasteiger partial charge in [-0.1, -0.05) is 35.5 Å². The summed E-state index contributed by atoms with van der Waals surface area (Å²) in [5.41, 5.74) is 1.72. The SMILES string of the molecule is COc1ccc(OC)c(-c2cc(C(=O)N(CCC(=O)NCCN(C)C)Cc3ccccc3)no2)c1. The Labute approximate surface area is 205 Å². The fourth-order valence-corrected chi connectivity index (χ4v) is 3.47. The van der Waals surface area contributed by atoms with Crippen molar-refractivity contribution in [2.24, 2.45) is 0 Å². The summed E-state index contributed by atoms with van der Waals surface area (Å²) in [4.78, 5) is 29.3. The molecule has 9 heteroatoms. The normalized spacial score (nSPS) is 10.8. The minimum absolute atomic E-state index is 0.111. The number of hydrogen-bond acceptors (Lipinski definition) is 7. The third kappa shape index (κ3) is 7.31. The van der Waals surface area contributed by atoms with Gasteiger partial charge in [0, 0.05) is 38.7 Å². The number of likely N-dealkylation sites (N-methyl/N-ethyl adjacent to an activating group) is 1. The summed E-state index contributed by atoms with van der Waals surface area (Å²) in [6.07, 6.45) is 0.181. The van der Waals surface area contributed by atoms with E-state index in [1.54, 1.807) is 43.4 Å². The lowest BCUT2D eigenvalue weighted by atomic mass is 10.1. The maximum Gasteiger partial charge on any atom is 0.276 e. The minimum atomic E-state index is -0.327. The van der Waals surface area contributed by atoms with Gasteiger partial charge in [0.1, 0.15) is 11.5 Å². The highest BCUT2D eigenvalue weighted by atomic mass is 16.5. The summed E-state index contributed by atoms with van der Waals surface area (Å²) in [5, 5.41) is 6.90. The molecule has 35 heavy (non-hydrogen) atoms. The Morgan fingerprint density at radius 1 is 1.00 bits per heavy atom. The van der Waals surface area contributed by atoms with Crippen LogP contribution < -0.4 is 14.8 Å². The van der Waals surface area contributed by atoms with Crippen LogP contribution in [-0.2, 0) is 11.3 Å². The Kier molecular flexibility index (Phi) is 9.25. The van der Waals surface area contributed by atoms with E-state index in [9.17, 15) is 9.59 Å². The standard InChI is InChI=1S/C26H32N4O5/c1-29(2)15-13-27-25(31)12-14-30(18-19-8-6-5-7-9-19)26(32)22-17-24(35-28-22)21-16-20(33-3)10-11-23(21)34-4/h5-11,16-17H,12-15,18H2,1-4H3,(H,27,31). The molecule has 0 saturated carbocycles. The minimum Gasteiger partial charge on any atom is -0.497 e. The molecule has 0 atom stereocenters. The van der Waals surface area contributed by atoms with Crippen molar-refractivity contribution in [2.45, 2.75) is 13.0 Å². The van der Waals surface area contributed by atoms with Crippen LogP contribution >= 0.6 is 0 Å². The maximum absolute atomic E-state index is 13.4. The van der Waals surface area contributed by atoms with E-state index in [-0.39, 0.29) is 30.5 Å². The summed E-state index contributed by atoms with van der Waals surface area (Å²) in [5.74, 6) is 1.13. The van der Waals surface area contributed by atoms with E-state index in [1.165, 1.54) is 0 Å². The molecule has 9 nitrogen and oxygen atoms in total. The highest BCUT2D eigenvalue weighted by Gasteiger charge is 2.23. The van der Waals surface area contributed by atoms with Gasteiger partial charge in [-0.15, -0.1) is 0 Å². The van der Waals surface area contributed by atoms with Crippen LogP contribution in [0.25, 0.3) is 11.3 Å². The molecule has 0 fully saturated rings. The number of nitrogens with one attached hydrogen (secondary N) is 1. The Morgan fingerprint density at radius 2 is 1.77 bits per heavy atom. The average Bonchev–Trinajstić information content (AvgIpc) is 3.36. The van der Waals surface area contributed by atoms with E-state index < -0.39 is 0 Å². The molecular formula is C26H32N4O5. The van der Waals surface area contributed by atoms with Gasteiger partial charge < -0.3 is 29.1 Å².